The molecule has 0 unspecified atom stereocenters. The average molecular weight is 437 g/mol. The molecule has 0 atom stereocenters. The molecule has 1 amide bonds. The number of nitrogens with one attached hydrogen (secondary N) is 2. The normalized spacial score (nSPS) is 15.1. The Hall–Kier alpha value is -3.39. The lowest BCUT2D eigenvalue weighted by molar-refractivity contribution is 0.0909. The molecule has 8 heteroatoms. The molecular weight excluding hydrogens is 408 g/mol. The molecule has 1 aliphatic heterocycles. The third kappa shape index (κ3) is 4.45. The van der Waals surface area contributed by atoms with Crippen LogP contribution in [0.5, 0.6) is 5.75 Å². The summed E-state index contributed by atoms with van der Waals surface area (Å²) in [5.41, 5.74) is 1.15. The Balaban J connectivity index is 1.39. The molecule has 2 aromatic carbocycles. The van der Waals surface area contributed by atoms with Gasteiger partial charge in [0.05, 0.1) is 18.0 Å². The molecule has 0 bridgehead atoms. The van der Waals surface area contributed by atoms with Gasteiger partial charge in [-0.2, -0.15) is 0 Å². The summed E-state index contributed by atoms with van der Waals surface area (Å²) in [7, 11) is 1.68. The number of aromatic amines is 1. The van der Waals surface area contributed by atoms with Gasteiger partial charge in [-0.25, -0.2) is 4.79 Å². The first-order chi connectivity index (χ1) is 15.5. The molecule has 4 rings (SSSR count). The van der Waals surface area contributed by atoms with Crippen molar-refractivity contribution in [3.05, 3.63) is 74.4 Å². The van der Waals surface area contributed by atoms with Crippen LogP contribution in [-0.2, 0) is 13.1 Å². The van der Waals surface area contributed by atoms with Crippen molar-refractivity contribution in [3.63, 3.8) is 0 Å². The van der Waals surface area contributed by atoms with Crippen LogP contribution in [0.3, 0.4) is 0 Å². The van der Waals surface area contributed by atoms with E-state index in [0.29, 0.717) is 23.0 Å². The number of ether oxygens (including phenoxy) is 1. The highest BCUT2D eigenvalue weighted by atomic mass is 16.5. The maximum absolute atomic E-state index is 12.8. The molecule has 8 nitrogen and oxygen atoms in total. The number of hydrogen-bond acceptors (Lipinski definition) is 5. The number of para-hydroxylation sites is 1. The van der Waals surface area contributed by atoms with Gasteiger partial charge >= 0.3 is 5.69 Å². The Morgan fingerprint density at radius 2 is 1.91 bits per heavy atom. The number of fused-ring (bicyclic) bond motifs is 1. The van der Waals surface area contributed by atoms with Gasteiger partial charge < -0.3 is 15.0 Å². The number of carbonyl (C=O) groups is 1. The summed E-state index contributed by atoms with van der Waals surface area (Å²) in [4.78, 5) is 42.3. The lowest BCUT2D eigenvalue weighted by Gasteiger charge is -2.32. The van der Waals surface area contributed by atoms with E-state index in [0.717, 1.165) is 48.4 Å². The number of carbonyl (C=O) groups excluding carboxylic acids is 1. The topological polar surface area (TPSA) is 96.4 Å². The van der Waals surface area contributed by atoms with Gasteiger partial charge in [-0.1, -0.05) is 18.2 Å². The summed E-state index contributed by atoms with van der Waals surface area (Å²) in [5.74, 6) is 0.693. The number of amides is 1. The van der Waals surface area contributed by atoms with E-state index in [9.17, 15) is 14.4 Å². The first kappa shape index (κ1) is 21.8. The quantitative estimate of drug-likeness (QED) is 0.617. The first-order valence-corrected chi connectivity index (χ1v) is 10.9. The molecule has 2 heterocycles. The van der Waals surface area contributed by atoms with E-state index in [-0.39, 0.29) is 17.5 Å². The van der Waals surface area contributed by atoms with E-state index in [1.165, 1.54) is 0 Å². The first-order valence-electron chi connectivity index (χ1n) is 10.9. The average Bonchev–Trinajstić information content (AvgIpc) is 2.80. The van der Waals surface area contributed by atoms with Gasteiger partial charge in [-0.05, 0) is 44.0 Å². The van der Waals surface area contributed by atoms with Crippen LogP contribution in [0.2, 0.25) is 0 Å². The third-order valence-corrected chi connectivity index (χ3v) is 6.07. The molecule has 3 aromatic rings. The Labute approximate surface area is 185 Å². The van der Waals surface area contributed by atoms with Crippen LogP contribution in [0.1, 0.15) is 35.7 Å². The van der Waals surface area contributed by atoms with Crippen molar-refractivity contribution in [2.75, 3.05) is 20.2 Å². The minimum absolute atomic E-state index is 0.0826. The third-order valence-electron chi connectivity index (χ3n) is 6.07. The predicted molar refractivity (Wildman–Crippen MR) is 123 cm³/mol. The smallest absolute Gasteiger partial charge is 0.328 e. The molecule has 1 fully saturated rings. The van der Waals surface area contributed by atoms with Gasteiger partial charge in [-0.3, -0.25) is 19.1 Å². The molecule has 0 spiro atoms. The minimum atomic E-state index is -0.468. The monoisotopic (exact) mass is 436 g/mol. The lowest BCUT2D eigenvalue weighted by atomic mass is 10.0. The fourth-order valence-corrected chi connectivity index (χ4v) is 4.26. The van der Waals surface area contributed by atoms with Gasteiger partial charge in [0.1, 0.15) is 5.75 Å². The van der Waals surface area contributed by atoms with E-state index in [2.05, 4.69) is 21.3 Å². The van der Waals surface area contributed by atoms with Crippen molar-refractivity contribution in [1.29, 1.82) is 0 Å². The second kappa shape index (κ2) is 9.40. The number of hydrogen-bond donors (Lipinski definition) is 2. The summed E-state index contributed by atoms with van der Waals surface area (Å²) < 4.78 is 6.58. The number of likely N-dealkylation sites (tertiary alicyclic amines) is 1. The second-order valence-corrected chi connectivity index (χ2v) is 8.08. The van der Waals surface area contributed by atoms with Gasteiger partial charge in [0, 0.05) is 43.3 Å². The molecule has 1 aromatic heterocycles. The SMILES string of the molecule is CCn1c(=O)[nH]c2cc(C(=O)NC3CCN(Cc4ccccc4OC)CC3)ccc2c1=O. The van der Waals surface area contributed by atoms with Gasteiger partial charge in [-0.15, -0.1) is 0 Å². The standard InChI is InChI=1S/C24H28N4O4/c1-3-28-23(30)19-9-8-16(14-20(19)26-24(28)31)22(29)25-18-10-12-27(13-11-18)15-17-6-4-5-7-21(17)32-2/h4-9,14,18H,3,10-13,15H2,1-2H3,(H,25,29)(H,26,31). The van der Waals surface area contributed by atoms with E-state index in [1.54, 1.807) is 32.2 Å². The number of benzene rings is 2. The molecule has 168 valence electrons. The van der Waals surface area contributed by atoms with Crippen LogP contribution >= 0.6 is 0 Å². The van der Waals surface area contributed by atoms with E-state index < -0.39 is 5.69 Å². The van der Waals surface area contributed by atoms with E-state index in [1.807, 2.05) is 18.2 Å². The summed E-state index contributed by atoms with van der Waals surface area (Å²) in [6.45, 7) is 4.61. The fraction of sp³-hybridized carbons (Fsp3) is 0.375. The lowest BCUT2D eigenvalue weighted by Crippen LogP contribution is -2.44. The predicted octanol–water partition coefficient (Wildman–Crippen LogP) is 2.11. The number of piperidine rings is 1. The summed E-state index contributed by atoms with van der Waals surface area (Å²) >= 11 is 0. The number of H-pyrrole nitrogens is 1. The molecule has 32 heavy (non-hydrogen) atoms. The second-order valence-electron chi connectivity index (χ2n) is 8.08. The Bertz CT molecular complexity index is 1240. The van der Waals surface area contributed by atoms with Crippen molar-refractivity contribution in [3.8, 4) is 5.75 Å². The zero-order valence-electron chi connectivity index (χ0n) is 18.4. The maximum Gasteiger partial charge on any atom is 0.328 e. The van der Waals surface area contributed by atoms with E-state index >= 15 is 0 Å². The molecule has 1 aliphatic rings. The molecule has 0 saturated carbocycles. The maximum atomic E-state index is 12.8. The van der Waals surface area contributed by atoms with Crippen molar-refractivity contribution in [1.82, 2.24) is 19.8 Å². The van der Waals surface area contributed by atoms with Crippen LogP contribution in [0.4, 0.5) is 0 Å². The van der Waals surface area contributed by atoms with Gasteiger partial charge in [0.25, 0.3) is 11.5 Å². The Morgan fingerprint density at radius 3 is 2.62 bits per heavy atom. The minimum Gasteiger partial charge on any atom is -0.496 e. The van der Waals surface area contributed by atoms with E-state index in [4.69, 9.17) is 4.74 Å². The largest absolute Gasteiger partial charge is 0.496 e. The van der Waals surface area contributed by atoms with Crippen LogP contribution in [-0.4, -0.2) is 46.6 Å². The van der Waals surface area contributed by atoms with Gasteiger partial charge in [0.2, 0.25) is 0 Å². The van der Waals surface area contributed by atoms with Crippen molar-refractivity contribution in [2.24, 2.45) is 0 Å². The molecule has 2 N–H and O–H groups in total. The van der Waals surface area contributed by atoms with Crippen molar-refractivity contribution < 1.29 is 9.53 Å². The Morgan fingerprint density at radius 1 is 1.16 bits per heavy atom. The van der Waals surface area contributed by atoms with Crippen molar-refractivity contribution in [2.45, 2.75) is 38.9 Å². The zero-order valence-corrected chi connectivity index (χ0v) is 18.4. The number of nitrogens with zero attached hydrogens (tertiary/aromatic N) is 2. The molecule has 1 saturated heterocycles. The highest BCUT2D eigenvalue weighted by Gasteiger charge is 2.22. The molecular formula is C24H28N4O4. The Kier molecular flexibility index (Phi) is 6.41. The molecule has 0 radical (unpaired) electrons. The zero-order chi connectivity index (χ0) is 22.7. The fourth-order valence-electron chi connectivity index (χ4n) is 4.26. The van der Waals surface area contributed by atoms with Crippen LogP contribution in [0.25, 0.3) is 10.9 Å². The summed E-state index contributed by atoms with van der Waals surface area (Å²) in [6, 6.07) is 12.9. The number of methoxy groups -OCH3 is 1. The molecule has 0 aliphatic carbocycles. The summed E-state index contributed by atoms with van der Waals surface area (Å²) in [5, 5.41) is 3.49. The number of rotatable bonds is 6. The van der Waals surface area contributed by atoms with Gasteiger partial charge in [0.15, 0.2) is 0 Å². The highest BCUT2D eigenvalue weighted by molar-refractivity contribution is 5.97. The van der Waals surface area contributed by atoms with Crippen LogP contribution in [0.15, 0.2) is 52.1 Å². The van der Waals surface area contributed by atoms with Crippen molar-refractivity contribution >= 4 is 16.8 Å². The highest BCUT2D eigenvalue weighted by Crippen LogP contribution is 2.21. The van der Waals surface area contributed by atoms with Crippen LogP contribution in [0, 0.1) is 0 Å². The number of aromatic nitrogens is 2. The summed E-state index contributed by atoms with van der Waals surface area (Å²) in [6.07, 6.45) is 1.71. The van der Waals surface area contributed by atoms with Crippen LogP contribution < -0.4 is 21.3 Å².